The fourth-order valence-electron chi connectivity index (χ4n) is 2.50. The third kappa shape index (κ3) is 4.41. The monoisotopic (exact) mass is 494 g/mol. The normalized spacial score (nSPS) is 14.6. The van der Waals surface area contributed by atoms with Crippen LogP contribution in [0.5, 0.6) is 0 Å². The van der Waals surface area contributed by atoms with Gasteiger partial charge in [0.1, 0.15) is 0 Å². The molecule has 0 bridgehead atoms. The minimum absolute atomic E-state index is 0.0168. The van der Waals surface area contributed by atoms with Crippen molar-refractivity contribution < 1.29 is 61.9 Å². The molecule has 0 N–H and O–H groups in total. The minimum atomic E-state index is -7.94. The Bertz CT molecular complexity index is 794. The van der Waals surface area contributed by atoms with Crippen molar-refractivity contribution in [3.63, 3.8) is 0 Å². The molecule has 1 aromatic carbocycles. The summed E-state index contributed by atoms with van der Waals surface area (Å²) in [6, 6.07) is 0.927. The molecule has 0 atom stereocenters. The van der Waals surface area contributed by atoms with Gasteiger partial charge in [0.05, 0.1) is 0 Å². The van der Waals surface area contributed by atoms with Crippen molar-refractivity contribution in [1.82, 2.24) is 0 Å². The van der Waals surface area contributed by atoms with Crippen LogP contribution < -0.4 is 0 Å². The van der Waals surface area contributed by atoms with Gasteiger partial charge in [0.25, 0.3) is 0 Å². The number of benzene rings is 1. The number of unbranched alkanes of at least 4 members (excludes halogenated alkanes) is 2. The molecule has 1 nitrogen and oxygen atoms in total. The van der Waals surface area contributed by atoms with E-state index in [1.54, 1.807) is 6.92 Å². The van der Waals surface area contributed by atoms with E-state index in [4.69, 9.17) is 0 Å². The summed E-state index contributed by atoms with van der Waals surface area (Å²) in [5.41, 5.74) is -2.44. The quantitative estimate of drug-likeness (QED) is 0.186. The second-order valence-corrected chi connectivity index (χ2v) is 6.83. The van der Waals surface area contributed by atoms with Gasteiger partial charge in [-0.25, -0.2) is 0 Å². The van der Waals surface area contributed by atoms with Crippen LogP contribution >= 0.6 is 0 Å². The average molecular weight is 494 g/mol. The highest BCUT2D eigenvalue weighted by Crippen LogP contribution is 2.62. The number of hydrogen-bond acceptors (Lipinski definition) is 1. The van der Waals surface area contributed by atoms with Crippen molar-refractivity contribution in [1.29, 1.82) is 0 Å². The SMILES string of the molecule is CCCCCC(=O)c1ccc(C(F)(F)C(F)(F)C(F)(F)C(F)(F)C(F)(F)C(F)(F)F)cc1. The molecule has 0 heterocycles. The molecule has 1 aromatic rings. The van der Waals surface area contributed by atoms with Gasteiger partial charge in [0.2, 0.25) is 0 Å². The first-order valence-electron chi connectivity index (χ1n) is 8.79. The fraction of sp³-hybridized carbons (Fsp3) is 0.611. The summed E-state index contributed by atoms with van der Waals surface area (Å²) < 4.78 is 171. The molecule has 0 aliphatic heterocycles. The molecule has 0 unspecified atom stereocenters. The Labute approximate surface area is 172 Å². The topological polar surface area (TPSA) is 17.1 Å². The fourth-order valence-corrected chi connectivity index (χ4v) is 2.50. The molecule has 0 saturated heterocycles. The summed E-state index contributed by atoms with van der Waals surface area (Å²) in [5.74, 6) is -37.9. The van der Waals surface area contributed by atoms with Crippen LogP contribution in [0.25, 0.3) is 0 Å². The molecule has 0 spiro atoms. The van der Waals surface area contributed by atoms with E-state index in [0.29, 0.717) is 31.4 Å². The van der Waals surface area contributed by atoms with Gasteiger partial charge in [-0.2, -0.15) is 57.1 Å². The first-order valence-corrected chi connectivity index (χ1v) is 8.79. The number of halogens is 13. The van der Waals surface area contributed by atoms with E-state index in [1.807, 2.05) is 0 Å². The van der Waals surface area contributed by atoms with Crippen molar-refractivity contribution in [3.05, 3.63) is 35.4 Å². The zero-order valence-corrected chi connectivity index (χ0v) is 16.0. The van der Waals surface area contributed by atoms with Gasteiger partial charge in [-0.05, 0) is 6.42 Å². The average Bonchev–Trinajstić information content (AvgIpc) is 2.66. The van der Waals surface area contributed by atoms with Crippen molar-refractivity contribution in [2.75, 3.05) is 0 Å². The molecule has 0 aromatic heterocycles. The lowest BCUT2D eigenvalue weighted by molar-refractivity contribution is -0.441. The summed E-state index contributed by atoms with van der Waals surface area (Å²) in [5, 5.41) is 0. The molecule has 0 amide bonds. The zero-order chi connectivity index (χ0) is 25.4. The maximum Gasteiger partial charge on any atom is 0.460 e. The molecule has 0 aliphatic carbocycles. The Morgan fingerprint density at radius 2 is 1.09 bits per heavy atom. The van der Waals surface area contributed by atoms with E-state index >= 15 is 0 Å². The summed E-state index contributed by atoms with van der Waals surface area (Å²) in [6.45, 7) is 1.80. The molecular weight excluding hydrogens is 479 g/mol. The lowest BCUT2D eigenvalue weighted by atomic mass is 9.90. The van der Waals surface area contributed by atoms with Crippen LogP contribution in [0.1, 0.15) is 48.5 Å². The van der Waals surface area contributed by atoms with Crippen molar-refractivity contribution >= 4 is 5.78 Å². The number of hydrogen-bond donors (Lipinski definition) is 0. The van der Waals surface area contributed by atoms with Gasteiger partial charge in [-0.1, -0.05) is 44.0 Å². The van der Waals surface area contributed by atoms with Crippen molar-refractivity contribution in [3.8, 4) is 0 Å². The third-order valence-electron chi connectivity index (χ3n) is 4.51. The van der Waals surface area contributed by atoms with Crippen LogP contribution in [0.2, 0.25) is 0 Å². The summed E-state index contributed by atoms with van der Waals surface area (Å²) in [6.07, 6.45) is -5.85. The van der Waals surface area contributed by atoms with Gasteiger partial charge in [0, 0.05) is 17.5 Å². The minimum Gasteiger partial charge on any atom is -0.294 e. The third-order valence-corrected chi connectivity index (χ3v) is 4.51. The van der Waals surface area contributed by atoms with Crippen LogP contribution in [0.3, 0.4) is 0 Å². The first-order chi connectivity index (χ1) is 14.2. The largest absolute Gasteiger partial charge is 0.460 e. The Kier molecular flexibility index (Phi) is 7.64. The molecular formula is C18H15F13O. The van der Waals surface area contributed by atoms with E-state index in [9.17, 15) is 61.9 Å². The van der Waals surface area contributed by atoms with Gasteiger partial charge in [0.15, 0.2) is 5.78 Å². The lowest BCUT2D eigenvalue weighted by Gasteiger charge is -2.39. The van der Waals surface area contributed by atoms with Crippen LogP contribution in [0.4, 0.5) is 57.1 Å². The highest BCUT2D eigenvalue weighted by molar-refractivity contribution is 5.96. The maximum atomic E-state index is 14.1. The lowest BCUT2D eigenvalue weighted by Crippen LogP contribution is -2.69. The zero-order valence-electron chi connectivity index (χ0n) is 16.0. The molecule has 184 valence electrons. The van der Waals surface area contributed by atoms with E-state index < -0.39 is 47.1 Å². The molecule has 0 saturated carbocycles. The van der Waals surface area contributed by atoms with Crippen LogP contribution in [-0.2, 0) is 5.92 Å². The number of carbonyl (C=O) groups is 1. The number of carbonyl (C=O) groups excluding carboxylic acids is 1. The van der Waals surface area contributed by atoms with E-state index in [0.717, 1.165) is 0 Å². The number of Topliss-reactive ketones (excluding diaryl/α,β-unsaturated/α-hetero) is 1. The molecule has 14 heteroatoms. The first kappa shape index (κ1) is 28.0. The highest BCUT2D eigenvalue weighted by atomic mass is 19.4. The maximum absolute atomic E-state index is 14.1. The van der Waals surface area contributed by atoms with Crippen LogP contribution in [-0.4, -0.2) is 35.6 Å². The molecule has 0 fully saturated rings. The second-order valence-electron chi connectivity index (χ2n) is 6.83. The van der Waals surface area contributed by atoms with Crippen LogP contribution in [0.15, 0.2) is 24.3 Å². The molecule has 0 radical (unpaired) electrons. The van der Waals surface area contributed by atoms with E-state index in [1.165, 1.54) is 0 Å². The van der Waals surface area contributed by atoms with Gasteiger partial charge >= 0.3 is 35.8 Å². The Balaban J connectivity index is 3.35. The van der Waals surface area contributed by atoms with Crippen molar-refractivity contribution in [2.45, 2.75) is 68.4 Å². The summed E-state index contributed by atoms with van der Waals surface area (Å²) in [7, 11) is 0. The number of alkyl halides is 13. The van der Waals surface area contributed by atoms with Gasteiger partial charge in [-0.3, -0.25) is 4.79 Å². The second kappa shape index (κ2) is 8.73. The predicted molar refractivity (Wildman–Crippen MR) is 84.7 cm³/mol. The Hall–Kier alpha value is -2.02. The highest BCUT2D eigenvalue weighted by Gasteiger charge is 2.90. The Morgan fingerprint density at radius 3 is 1.50 bits per heavy atom. The predicted octanol–water partition coefficient (Wildman–Crippen LogP) is 7.64. The standard InChI is InChI=1S/C18H15F13O/c1-2-3-4-5-12(32)10-6-8-11(9-7-10)13(19,20)14(21,22)15(23,24)16(25,26)17(27,28)18(29,30)31/h6-9H,2-5H2,1H3. The molecule has 1 rings (SSSR count). The molecule has 0 aliphatic rings. The number of ketones is 1. The summed E-state index contributed by atoms with van der Waals surface area (Å²) >= 11 is 0. The molecule has 32 heavy (non-hydrogen) atoms. The van der Waals surface area contributed by atoms with E-state index in [2.05, 4.69) is 0 Å². The van der Waals surface area contributed by atoms with Crippen molar-refractivity contribution in [2.24, 2.45) is 0 Å². The van der Waals surface area contributed by atoms with E-state index in [-0.39, 0.29) is 24.1 Å². The van der Waals surface area contributed by atoms with Gasteiger partial charge < -0.3 is 0 Å². The van der Waals surface area contributed by atoms with Crippen LogP contribution in [0, 0.1) is 0 Å². The van der Waals surface area contributed by atoms with Gasteiger partial charge in [-0.15, -0.1) is 0 Å². The smallest absolute Gasteiger partial charge is 0.294 e. The summed E-state index contributed by atoms with van der Waals surface area (Å²) in [4.78, 5) is 11.8. The number of rotatable bonds is 10. The Morgan fingerprint density at radius 1 is 0.656 bits per heavy atom.